The Morgan fingerprint density at radius 1 is 0.738 bits per heavy atom. The Bertz CT molecular complexity index is 1240. The van der Waals surface area contributed by atoms with Gasteiger partial charge in [0.25, 0.3) is 5.69 Å². The molecule has 0 aromatic heterocycles. The summed E-state index contributed by atoms with van der Waals surface area (Å²) in [5.41, 5.74) is 2.94. The van der Waals surface area contributed by atoms with Crippen molar-refractivity contribution in [2.75, 3.05) is 6.61 Å². The Morgan fingerprint density at radius 3 is 1.95 bits per heavy atom. The lowest BCUT2D eigenvalue weighted by atomic mass is 9.91. The summed E-state index contributed by atoms with van der Waals surface area (Å²) >= 11 is 0. The summed E-state index contributed by atoms with van der Waals surface area (Å²) < 4.78 is 11.4. The monoisotopic (exact) mass is 573 g/mol. The number of unbranched alkanes of at least 4 members (excludes halogenated alkanes) is 9. The third kappa shape index (κ3) is 10.6. The van der Waals surface area contributed by atoms with E-state index in [9.17, 15) is 14.9 Å². The van der Waals surface area contributed by atoms with E-state index in [-0.39, 0.29) is 16.5 Å². The lowest BCUT2D eigenvalue weighted by Gasteiger charge is -2.13. The maximum Gasteiger partial charge on any atom is 0.343 e. The fourth-order valence-electron chi connectivity index (χ4n) is 5.15. The van der Waals surface area contributed by atoms with Crippen LogP contribution in [0, 0.1) is 10.1 Å². The van der Waals surface area contributed by atoms with E-state index < -0.39 is 5.97 Å². The second-order valence-corrected chi connectivity index (χ2v) is 11.2. The summed E-state index contributed by atoms with van der Waals surface area (Å²) in [6.07, 6.45) is 14.3. The lowest BCUT2D eigenvalue weighted by Crippen LogP contribution is -2.08. The molecule has 6 nitrogen and oxygen atoms in total. The molecule has 0 aliphatic rings. The van der Waals surface area contributed by atoms with Gasteiger partial charge in [0.2, 0.25) is 0 Å². The molecule has 226 valence electrons. The van der Waals surface area contributed by atoms with Gasteiger partial charge in [-0.05, 0) is 66.3 Å². The number of carbonyl (C=O) groups excluding carboxylic acids is 1. The standard InChI is InChI=1S/C36H47NO5/c1-4-6-8-9-10-11-12-14-26-41-32-21-18-30(19-22-32)36(38)42-33-23-16-29(17-24-33)31-20-25-34(35(27-31)37(39)40)28(3)15-13-7-5-2/h16-25,27-28H,4-15,26H2,1-3H3/t28-/m0/s1. The summed E-state index contributed by atoms with van der Waals surface area (Å²) in [7, 11) is 0. The van der Waals surface area contributed by atoms with Gasteiger partial charge >= 0.3 is 5.97 Å². The fraction of sp³-hybridized carbons (Fsp3) is 0.472. The van der Waals surface area contributed by atoms with Crippen LogP contribution in [-0.2, 0) is 0 Å². The minimum absolute atomic E-state index is 0.128. The summed E-state index contributed by atoms with van der Waals surface area (Å²) in [6.45, 7) is 7.12. The highest BCUT2D eigenvalue weighted by molar-refractivity contribution is 5.91. The Kier molecular flexibility index (Phi) is 14.1. The molecule has 0 saturated heterocycles. The molecule has 0 amide bonds. The van der Waals surface area contributed by atoms with E-state index in [1.807, 2.05) is 24.3 Å². The fourth-order valence-corrected chi connectivity index (χ4v) is 5.15. The Morgan fingerprint density at radius 2 is 1.31 bits per heavy atom. The minimum atomic E-state index is -0.450. The van der Waals surface area contributed by atoms with E-state index in [0.29, 0.717) is 17.9 Å². The molecule has 3 aromatic rings. The van der Waals surface area contributed by atoms with E-state index >= 15 is 0 Å². The van der Waals surface area contributed by atoms with Gasteiger partial charge in [0, 0.05) is 11.6 Å². The molecule has 0 saturated carbocycles. The molecule has 0 aliphatic carbocycles. The molecule has 42 heavy (non-hydrogen) atoms. The molecular weight excluding hydrogens is 526 g/mol. The molecule has 0 unspecified atom stereocenters. The molecule has 0 N–H and O–H groups in total. The van der Waals surface area contributed by atoms with Crippen molar-refractivity contribution in [1.82, 2.24) is 0 Å². The van der Waals surface area contributed by atoms with Crippen LogP contribution in [0.4, 0.5) is 5.69 Å². The predicted molar refractivity (Wildman–Crippen MR) is 171 cm³/mol. The van der Waals surface area contributed by atoms with Crippen molar-refractivity contribution in [3.63, 3.8) is 0 Å². The molecule has 6 heteroatoms. The van der Waals surface area contributed by atoms with Crippen LogP contribution in [0.2, 0.25) is 0 Å². The zero-order chi connectivity index (χ0) is 30.2. The second-order valence-electron chi connectivity index (χ2n) is 11.2. The van der Waals surface area contributed by atoms with Crippen LogP contribution < -0.4 is 9.47 Å². The number of benzene rings is 3. The topological polar surface area (TPSA) is 78.7 Å². The number of nitrogens with zero attached hydrogens (tertiary/aromatic N) is 1. The van der Waals surface area contributed by atoms with Crippen molar-refractivity contribution in [3.05, 3.63) is 88.0 Å². The number of hydrogen-bond acceptors (Lipinski definition) is 5. The van der Waals surface area contributed by atoms with Crippen LogP contribution in [0.3, 0.4) is 0 Å². The number of hydrogen-bond donors (Lipinski definition) is 0. The van der Waals surface area contributed by atoms with Crippen molar-refractivity contribution in [1.29, 1.82) is 0 Å². The van der Waals surface area contributed by atoms with Crippen molar-refractivity contribution in [2.45, 2.75) is 104 Å². The maximum atomic E-state index is 12.7. The van der Waals surface area contributed by atoms with Gasteiger partial charge in [0.1, 0.15) is 11.5 Å². The number of nitro groups is 1. The molecule has 0 bridgehead atoms. The van der Waals surface area contributed by atoms with E-state index in [0.717, 1.165) is 54.5 Å². The molecular formula is C36H47NO5. The third-order valence-corrected chi connectivity index (χ3v) is 7.75. The van der Waals surface area contributed by atoms with Gasteiger partial charge in [0.15, 0.2) is 0 Å². The lowest BCUT2D eigenvalue weighted by molar-refractivity contribution is -0.385. The van der Waals surface area contributed by atoms with Crippen molar-refractivity contribution >= 4 is 11.7 Å². The first-order valence-electron chi connectivity index (χ1n) is 15.8. The molecule has 0 spiro atoms. The SMILES string of the molecule is CCCCCCCCCCOc1ccc(C(=O)Oc2ccc(-c3ccc([C@@H](C)CCCCC)c([N+](=O)[O-])c3)cc2)cc1. The normalized spacial score (nSPS) is 11.7. The number of esters is 1. The van der Waals surface area contributed by atoms with Crippen LogP contribution in [-0.4, -0.2) is 17.5 Å². The summed E-state index contributed by atoms with van der Waals surface area (Å²) in [5.74, 6) is 0.835. The summed E-state index contributed by atoms with van der Waals surface area (Å²) in [5, 5.41) is 11.8. The van der Waals surface area contributed by atoms with Gasteiger partial charge in [-0.1, -0.05) is 109 Å². The van der Waals surface area contributed by atoms with Gasteiger partial charge in [-0.3, -0.25) is 10.1 Å². The predicted octanol–water partition coefficient (Wildman–Crippen LogP) is 10.7. The van der Waals surface area contributed by atoms with E-state index in [2.05, 4.69) is 20.8 Å². The highest BCUT2D eigenvalue weighted by Crippen LogP contribution is 2.34. The van der Waals surface area contributed by atoms with E-state index in [1.54, 1.807) is 42.5 Å². The molecule has 3 aromatic carbocycles. The highest BCUT2D eigenvalue weighted by atomic mass is 16.6. The molecule has 1 atom stereocenters. The van der Waals surface area contributed by atoms with Gasteiger partial charge < -0.3 is 9.47 Å². The number of rotatable bonds is 19. The van der Waals surface area contributed by atoms with Gasteiger partial charge in [-0.15, -0.1) is 0 Å². The average molecular weight is 574 g/mol. The van der Waals surface area contributed by atoms with Gasteiger partial charge in [-0.2, -0.15) is 0 Å². The maximum absolute atomic E-state index is 12.7. The van der Waals surface area contributed by atoms with E-state index in [1.165, 1.54) is 44.9 Å². The average Bonchev–Trinajstić information content (AvgIpc) is 3.00. The number of ether oxygens (including phenoxy) is 2. The molecule has 0 heterocycles. The van der Waals surface area contributed by atoms with Crippen molar-refractivity contribution in [3.8, 4) is 22.6 Å². The minimum Gasteiger partial charge on any atom is -0.494 e. The first-order valence-corrected chi connectivity index (χ1v) is 15.8. The van der Waals surface area contributed by atoms with Crippen LogP contribution in [0.5, 0.6) is 11.5 Å². The largest absolute Gasteiger partial charge is 0.494 e. The van der Waals surface area contributed by atoms with Gasteiger partial charge in [-0.25, -0.2) is 4.79 Å². The zero-order valence-electron chi connectivity index (χ0n) is 25.6. The quantitative estimate of drug-likeness (QED) is 0.0468. The second kappa shape index (κ2) is 18.0. The summed E-state index contributed by atoms with van der Waals surface area (Å²) in [6, 6.07) is 19.5. The molecule has 0 aliphatic heterocycles. The summed E-state index contributed by atoms with van der Waals surface area (Å²) in [4.78, 5) is 24.2. The smallest absolute Gasteiger partial charge is 0.343 e. The highest BCUT2D eigenvalue weighted by Gasteiger charge is 2.20. The van der Waals surface area contributed by atoms with Gasteiger partial charge in [0.05, 0.1) is 17.1 Å². The van der Waals surface area contributed by atoms with Crippen molar-refractivity contribution < 1.29 is 19.2 Å². The van der Waals surface area contributed by atoms with Crippen LogP contribution in [0.25, 0.3) is 11.1 Å². The third-order valence-electron chi connectivity index (χ3n) is 7.75. The van der Waals surface area contributed by atoms with E-state index in [4.69, 9.17) is 9.47 Å². The molecule has 3 rings (SSSR count). The van der Waals surface area contributed by atoms with Crippen molar-refractivity contribution in [2.24, 2.45) is 0 Å². The molecule has 0 fully saturated rings. The van der Waals surface area contributed by atoms with Crippen LogP contribution in [0.15, 0.2) is 66.7 Å². The Labute approximate surface area is 251 Å². The Balaban J connectivity index is 1.50. The molecule has 0 radical (unpaired) electrons. The zero-order valence-corrected chi connectivity index (χ0v) is 25.6. The first-order chi connectivity index (χ1) is 20.4. The van der Waals surface area contributed by atoms with Crippen LogP contribution in [0.1, 0.15) is 120 Å². The number of carbonyl (C=O) groups is 1. The first kappa shape index (κ1) is 32.8. The Hall–Kier alpha value is -3.67. The number of nitro benzene ring substituents is 1. The van der Waals surface area contributed by atoms with Crippen LogP contribution >= 0.6 is 0 Å².